The second kappa shape index (κ2) is 4.15. The van der Waals surface area contributed by atoms with Gasteiger partial charge in [-0.25, -0.2) is 0 Å². The van der Waals surface area contributed by atoms with Crippen LogP contribution in [0, 0.1) is 10.1 Å². The molecule has 5 heteroatoms. The fourth-order valence-electron chi connectivity index (χ4n) is 3.31. The number of rotatable bonds is 1. The SMILES string of the molecule is O=c1c2cccc([N+](=O)[O-])c2[nH]c2ccc3c(c12)CCC3. The van der Waals surface area contributed by atoms with E-state index in [9.17, 15) is 14.9 Å². The van der Waals surface area contributed by atoms with Gasteiger partial charge < -0.3 is 4.98 Å². The maximum atomic E-state index is 12.8. The molecule has 1 aliphatic carbocycles. The monoisotopic (exact) mass is 280 g/mol. The Hall–Kier alpha value is -2.69. The number of non-ortho nitro benzene ring substituents is 1. The zero-order valence-corrected chi connectivity index (χ0v) is 11.2. The summed E-state index contributed by atoms with van der Waals surface area (Å²) in [5.74, 6) is 0. The number of aromatic amines is 1. The fourth-order valence-corrected chi connectivity index (χ4v) is 3.31. The highest BCUT2D eigenvalue weighted by atomic mass is 16.6. The lowest BCUT2D eigenvalue weighted by Gasteiger charge is -2.07. The number of aryl methyl sites for hydroxylation is 2. The zero-order chi connectivity index (χ0) is 14.6. The average molecular weight is 280 g/mol. The molecule has 4 rings (SSSR count). The third-order valence-corrected chi connectivity index (χ3v) is 4.25. The van der Waals surface area contributed by atoms with Crippen molar-refractivity contribution >= 4 is 27.5 Å². The van der Waals surface area contributed by atoms with E-state index in [1.54, 1.807) is 12.1 Å². The van der Waals surface area contributed by atoms with Crippen LogP contribution in [-0.2, 0) is 12.8 Å². The van der Waals surface area contributed by atoms with Gasteiger partial charge in [-0.15, -0.1) is 0 Å². The van der Waals surface area contributed by atoms with Crippen molar-refractivity contribution in [1.82, 2.24) is 4.98 Å². The second-order valence-corrected chi connectivity index (χ2v) is 5.39. The van der Waals surface area contributed by atoms with Gasteiger partial charge in [0.05, 0.1) is 15.8 Å². The third-order valence-electron chi connectivity index (χ3n) is 4.25. The van der Waals surface area contributed by atoms with Gasteiger partial charge in [0.15, 0.2) is 5.43 Å². The summed E-state index contributed by atoms with van der Waals surface area (Å²) in [6.45, 7) is 0. The van der Waals surface area contributed by atoms with Crippen molar-refractivity contribution in [3.05, 3.63) is 61.8 Å². The Morgan fingerprint density at radius 1 is 1.14 bits per heavy atom. The molecule has 0 spiro atoms. The highest BCUT2D eigenvalue weighted by Crippen LogP contribution is 2.30. The minimum atomic E-state index is -0.461. The van der Waals surface area contributed by atoms with Crippen LogP contribution in [0.25, 0.3) is 21.8 Å². The fraction of sp³-hybridized carbons (Fsp3) is 0.188. The summed E-state index contributed by atoms with van der Waals surface area (Å²) in [5, 5.41) is 12.2. The molecule has 104 valence electrons. The lowest BCUT2D eigenvalue weighted by molar-refractivity contribution is -0.383. The van der Waals surface area contributed by atoms with E-state index in [1.165, 1.54) is 11.6 Å². The Morgan fingerprint density at radius 3 is 2.81 bits per heavy atom. The highest BCUT2D eigenvalue weighted by molar-refractivity contribution is 5.98. The molecule has 0 amide bonds. The van der Waals surface area contributed by atoms with Crippen LogP contribution in [0.3, 0.4) is 0 Å². The van der Waals surface area contributed by atoms with Crippen LogP contribution in [0.5, 0.6) is 0 Å². The maximum absolute atomic E-state index is 12.8. The predicted octanol–water partition coefficient (Wildman–Crippen LogP) is 3.08. The highest BCUT2D eigenvalue weighted by Gasteiger charge is 2.20. The van der Waals surface area contributed by atoms with E-state index in [0.29, 0.717) is 21.8 Å². The van der Waals surface area contributed by atoms with E-state index >= 15 is 0 Å². The van der Waals surface area contributed by atoms with E-state index in [0.717, 1.165) is 24.8 Å². The number of fused-ring (bicyclic) bond motifs is 4. The number of nitrogens with zero attached hydrogens (tertiary/aromatic N) is 1. The molecule has 2 aromatic carbocycles. The van der Waals surface area contributed by atoms with E-state index in [1.807, 2.05) is 12.1 Å². The molecule has 0 bridgehead atoms. The van der Waals surface area contributed by atoms with Crippen LogP contribution < -0.4 is 5.43 Å². The van der Waals surface area contributed by atoms with Crippen molar-refractivity contribution < 1.29 is 4.92 Å². The second-order valence-electron chi connectivity index (χ2n) is 5.39. The number of nitrogens with one attached hydrogen (secondary N) is 1. The van der Waals surface area contributed by atoms with Crippen molar-refractivity contribution in [1.29, 1.82) is 0 Å². The number of nitro groups is 1. The molecule has 0 aliphatic heterocycles. The van der Waals surface area contributed by atoms with Crippen molar-refractivity contribution in [2.45, 2.75) is 19.3 Å². The molecule has 0 fully saturated rings. The van der Waals surface area contributed by atoms with Crippen molar-refractivity contribution in [2.75, 3.05) is 0 Å². The van der Waals surface area contributed by atoms with Crippen LogP contribution in [-0.4, -0.2) is 9.91 Å². The molecule has 1 heterocycles. The Balaban J connectivity index is 2.23. The Bertz CT molecular complexity index is 973. The predicted molar refractivity (Wildman–Crippen MR) is 80.8 cm³/mol. The van der Waals surface area contributed by atoms with Crippen LogP contribution in [0.4, 0.5) is 5.69 Å². The van der Waals surface area contributed by atoms with Crippen molar-refractivity contribution in [3.8, 4) is 0 Å². The molecule has 0 atom stereocenters. The first-order valence-corrected chi connectivity index (χ1v) is 6.90. The molecule has 5 nitrogen and oxygen atoms in total. The summed E-state index contributed by atoms with van der Waals surface area (Å²) in [6.07, 6.45) is 2.95. The Kier molecular flexibility index (Phi) is 2.39. The van der Waals surface area contributed by atoms with Crippen LogP contribution >= 0.6 is 0 Å². The van der Waals surface area contributed by atoms with Crippen LogP contribution in [0.15, 0.2) is 35.1 Å². The van der Waals surface area contributed by atoms with Gasteiger partial charge in [-0.05, 0) is 42.5 Å². The van der Waals surface area contributed by atoms with Gasteiger partial charge in [0.25, 0.3) is 5.69 Å². The normalized spacial score (nSPS) is 13.7. The van der Waals surface area contributed by atoms with Gasteiger partial charge in [-0.2, -0.15) is 0 Å². The van der Waals surface area contributed by atoms with Gasteiger partial charge in [-0.3, -0.25) is 14.9 Å². The lowest BCUT2D eigenvalue weighted by Crippen LogP contribution is -2.08. The first kappa shape index (κ1) is 12.1. The van der Waals surface area contributed by atoms with E-state index in [2.05, 4.69) is 4.98 Å². The maximum Gasteiger partial charge on any atom is 0.293 e. The largest absolute Gasteiger partial charge is 0.349 e. The number of para-hydroxylation sites is 1. The first-order chi connectivity index (χ1) is 10.2. The molecular formula is C16H12N2O3. The zero-order valence-electron chi connectivity index (χ0n) is 11.2. The number of aromatic nitrogens is 1. The van der Waals surface area contributed by atoms with Crippen molar-refractivity contribution in [3.63, 3.8) is 0 Å². The quantitative estimate of drug-likeness (QED) is 0.423. The minimum Gasteiger partial charge on any atom is -0.349 e. The van der Waals surface area contributed by atoms with Crippen molar-refractivity contribution in [2.24, 2.45) is 0 Å². The third kappa shape index (κ3) is 1.60. The van der Waals surface area contributed by atoms with Gasteiger partial charge in [-0.1, -0.05) is 12.1 Å². The topological polar surface area (TPSA) is 76.0 Å². The first-order valence-electron chi connectivity index (χ1n) is 6.90. The van der Waals surface area contributed by atoms with Crippen LogP contribution in [0.1, 0.15) is 17.5 Å². The molecule has 21 heavy (non-hydrogen) atoms. The molecular weight excluding hydrogens is 268 g/mol. The summed E-state index contributed by atoms with van der Waals surface area (Å²) in [5.41, 5.74) is 3.13. The summed E-state index contributed by atoms with van der Waals surface area (Å²) in [7, 11) is 0. The molecule has 0 saturated carbocycles. The molecule has 1 N–H and O–H groups in total. The smallest absolute Gasteiger partial charge is 0.293 e. The number of benzene rings is 2. The summed E-state index contributed by atoms with van der Waals surface area (Å²) in [6, 6.07) is 8.50. The van der Waals surface area contributed by atoms with E-state index < -0.39 is 4.92 Å². The van der Waals surface area contributed by atoms with E-state index in [4.69, 9.17) is 0 Å². The Labute approximate surface area is 119 Å². The number of nitro benzene ring substituents is 1. The minimum absolute atomic E-state index is 0.0630. The van der Waals surface area contributed by atoms with Gasteiger partial charge in [0.1, 0.15) is 5.52 Å². The van der Waals surface area contributed by atoms with E-state index in [-0.39, 0.29) is 11.1 Å². The standard InChI is InChI=1S/C16H12N2O3/c19-16-11-5-2-6-13(18(20)21)15(11)17-12-8-7-9-3-1-4-10(9)14(12)16/h2,5-8H,1,3-4H2,(H,17,19). The molecule has 0 radical (unpaired) electrons. The van der Waals surface area contributed by atoms with Gasteiger partial charge in [0.2, 0.25) is 0 Å². The van der Waals surface area contributed by atoms with Gasteiger partial charge >= 0.3 is 0 Å². The van der Waals surface area contributed by atoms with Gasteiger partial charge in [0, 0.05) is 11.5 Å². The molecule has 0 unspecified atom stereocenters. The number of pyridine rings is 1. The number of hydrogen-bond acceptors (Lipinski definition) is 3. The summed E-state index contributed by atoms with van der Waals surface area (Å²) < 4.78 is 0. The lowest BCUT2D eigenvalue weighted by atomic mass is 10.0. The molecule has 0 saturated heterocycles. The number of H-pyrrole nitrogens is 1. The Morgan fingerprint density at radius 2 is 2.00 bits per heavy atom. The molecule has 1 aliphatic rings. The molecule has 1 aromatic heterocycles. The van der Waals surface area contributed by atoms with Crippen LogP contribution in [0.2, 0.25) is 0 Å². The molecule has 3 aromatic rings. The number of hydrogen-bond donors (Lipinski definition) is 1. The summed E-state index contributed by atoms with van der Waals surface area (Å²) >= 11 is 0. The summed E-state index contributed by atoms with van der Waals surface area (Å²) in [4.78, 5) is 26.5. The average Bonchev–Trinajstić information content (AvgIpc) is 2.95.